The Bertz CT molecular complexity index is 1210. The van der Waals surface area contributed by atoms with Gasteiger partial charge in [-0.2, -0.15) is 0 Å². The molecule has 0 spiro atoms. The first-order chi connectivity index (χ1) is 14.2. The van der Waals surface area contributed by atoms with Crippen LogP contribution in [0.25, 0.3) is 27.7 Å². The first-order valence-electron chi connectivity index (χ1n) is 9.54. The van der Waals surface area contributed by atoms with Crippen molar-refractivity contribution in [3.8, 4) is 11.3 Å². The molecule has 6 heteroatoms. The number of nitrogens with zero attached hydrogens (tertiary/aromatic N) is 3. The van der Waals surface area contributed by atoms with E-state index in [1.54, 1.807) is 12.1 Å². The van der Waals surface area contributed by atoms with E-state index in [0.717, 1.165) is 53.1 Å². The Labute approximate surface area is 167 Å². The van der Waals surface area contributed by atoms with E-state index in [0.29, 0.717) is 11.5 Å². The van der Waals surface area contributed by atoms with Gasteiger partial charge in [0.05, 0.1) is 18.4 Å². The van der Waals surface area contributed by atoms with E-state index in [4.69, 9.17) is 0 Å². The normalized spacial score (nSPS) is 13.3. The van der Waals surface area contributed by atoms with Crippen molar-refractivity contribution < 1.29 is 4.39 Å². The lowest BCUT2D eigenvalue weighted by Crippen LogP contribution is -2.28. The Morgan fingerprint density at radius 3 is 2.76 bits per heavy atom. The third-order valence-corrected chi connectivity index (χ3v) is 5.22. The molecule has 1 aliphatic rings. The fourth-order valence-corrected chi connectivity index (χ4v) is 3.67. The van der Waals surface area contributed by atoms with E-state index in [1.807, 2.05) is 18.5 Å². The second-order valence-electron chi connectivity index (χ2n) is 7.13. The van der Waals surface area contributed by atoms with Gasteiger partial charge in [-0.05, 0) is 35.2 Å². The Morgan fingerprint density at radius 2 is 1.90 bits per heavy atom. The summed E-state index contributed by atoms with van der Waals surface area (Å²) in [5, 5.41) is 8.71. The average molecular weight is 385 g/mol. The van der Waals surface area contributed by atoms with Gasteiger partial charge >= 0.3 is 0 Å². The molecule has 4 aromatic rings. The van der Waals surface area contributed by atoms with Crippen molar-refractivity contribution >= 4 is 22.3 Å². The average Bonchev–Trinajstić information content (AvgIpc) is 3.18. The third-order valence-electron chi connectivity index (χ3n) is 5.22. The van der Waals surface area contributed by atoms with E-state index in [2.05, 4.69) is 49.9 Å². The lowest BCUT2D eigenvalue weighted by atomic mass is 10.1. The van der Waals surface area contributed by atoms with E-state index in [-0.39, 0.29) is 5.82 Å². The number of aromatic nitrogens is 3. The molecule has 0 saturated carbocycles. The SMILES string of the molecule is C=C(Nc1cc2cc(-c3cnc4n3CCNC4)ccc2cn1)c1ccc(F)cc1. The standard InChI is InChI=1S/C23H20FN5/c1-15(16-4-6-20(24)7-5-16)28-22-11-19-10-17(2-3-18(19)12-26-22)21-13-27-23-14-25-8-9-29(21)23/h2-7,10-13,25H,1,8-9,14H2,(H,26,28). The highest BCUT2D eigenvalue weighted by atomic mass is 19.1. The number of halogens is 1. The molecule has 2 N–H and O–H groups in total. The number of pyridine rings is 1. The quantitative estimate of drug-likeness (QED) is 0.546. The predicted octanol–water partition coefficient (Wildman–Crippen LogP) is 4.42. The second kappa shape index (κ2) is 7.14. The van der Waals surface area contributed by atoms with Crippen LogP contribution in [0.3, 0.4) is 0 Å². The van der Waals surface area contributed by atoms with Crippen molar-refractivity contribution in [2.45, 2.75) is 13.1 Å². The first kappa shape index (κ1) is 17.6. The second-order valence-corrected chi connectivity index (χ2v) is 7.13. The van der Waals surface area contributed by atoms with Crippen molar-refractivity contribution in [3.05, 3.63) is 84.7 Å². The van der Waals surface area contributed by atoms with E-state index in [9.17, 15) is 4.39 Å². The van der Waals surface area contributed by atoms with Gasteiger partial charge in [-0.15, -0.1) is 0 Å². The van der Waals surface area contributed by atoms with Crippen molar-refractivity contribution in [1.29, 1.82) is 0 Å². The number of hydrogen-bond donors (Lipinski definition) is 2. The Morgan fingerprint density at radius 1 is 1.03 bits per heavy atom. The summed E-state index contributed by atoms with van der Waals surface area (Å²) in [5.74, 6) is 1.50. The summed E-state index contributed by atoms with van der Waals surface area (Å²) in [6.07, 6.45) is 3.79. The molecule has 0 atom stereocenters. The van der Waals surface area contributed by atoms with E-state index < -0.39 is 0 Å². The number of benzene rings is 2. The molecule has 0 unspecified atom stereocenters. The highest BCUT2D eigenvalue weighted by Gasteiger charge is 2.15. The minimum absolute atomic E-state index is 0.268. The number of anilines is 1. The first-order valence-corrected chi connectivity index (χ1v) is 9.54. The topological polar surface area (TPSA) is 54.8 Å². The zero-order valence-electron chi connectivity index (χ0n) is 15.8. The summed E-state index contributed by atoms with van der Waals surface area (Å²) in [6, 6.07) is 14.6. The molecule has 144 valence electrons. The zero-order valence-corrected chi connectivity index (χ0v) is 15.8. The van der Waals surface area contributed by atoms with Crippen LogP contribution in [-0.2, 0) is 13.1 Å². The van der Waals surface area contributed by atoms with Gasteiger partial charge in [-0.25, -0.2) is 14.4 Å². The van der Waals surface area contributed by atoms with Crippen LogP contribution >= 0.6 is 0 Å². The zero-order chi connectivity index (χ0) is 19.8. The number of nitrogens with one attached hydrogen (secondary N) is 2. The summed E-state index contributed by atoms with van der Waals surface area (Å²) < 4.78 is 15.4. The molecule has 0 radical (unpaired) electrons. The molecular formula is C23H20FN5. The monoisotopic (exact) mass is 385 g/mol. The fraction of sp³-hybridized carbons (Fsp3) is 0.130. The van der Waals surface area contributed by atoms with Gasteiger partial charge in [0.1, 0.15) is 17.5 Å². The minimum Gasteiger partial charge on any atom is -0.340 e. The summed E-state index contributed by atoms with van der Waals surface area (Å²) in [6.45, 7) is 6.72. The maximum Gasteiger partial charge on any atom is 0.130 e. The molecule has 0 fully saturated rings. The third kappa shape index (κ3) is 3.39. The molecule has 5 nitrogen and oxygen atoms in total. The lowest BCUT2D eigenvalue weighted by Gasteiger charge is -2.17. The van der Waals surface area contributed by atoms with Crippen molar-refractivity contribution in [2.24, 2.45) is 0 Å². The molecule has 0 bridgehead atoms. The molecule has 5 rings (SSSR count). The summed E-state index contributed by atoms with van der Waals surface area (Å²) in [7, 11) is 0. The van der Waals surface area contributed by atoms with Gasteiger partial charge in [0, 0.05) is 35.9 Å². The van der Waals surface area contributed by atoms with Crippen molar-refractivity contribution in [1.82, 2.24) is 19.9 Å². The van der Waals surface area contributed by atoms with Gasteiger partial charge in [-0.3, -0.25) is 0 Å². The maximum absolute atomic E-state index is 13.1. The van der Waals surface area contributed by atoms with Crippen LogP contribution in [-0.4, -0.2) is 21.1 Å². The molecule has 0 saturated heterocycles. The van der Waals surface area contributed by atoms with Crippen LogP contribution in [0.1, 0.15) is 11.4 Å². The van der Waals surface area contributed by atoms with Crippen LogP contribution in [0.15, 0.2) is 67.5 Å². The van der Waals surface area contributed by atoms with Gasteiger partial charge in [-0.1, -0.05) is 30.8 Å². The lowest BCUT2D eigenvalue weighted by molar-refractivity contribution is 0.508. The summed E-state index contributed by atoms with van der Waals surface area (Å²) >= 11 is 0. The molecule has 3 heterocycles. The molecule has 0 aliphatic carbocycles. The number of rotatable bonds is 4. The van der Waals surface area contributed by atoms with Crippen LogP contribution in [0.5, 0.6) is 0 Å². The van der Waals surface area contributed by atoms with Crippen LogP contribution < -0.4 is 10.6 Å². The van der Waals surface area contributed by atoms with E-state index in [1.165, 1.54) is 12.1 Å². The number of hydrogen-bond acceptors (Lipinski definition) is 4. The van der Waals surface area contributed by atoms with Gasteiger partial charge < -0.3 is 15.2 Å². The van der Waals surface area contributed by atoms with Gasteiger partial charge in [0.25, 0.3) is 0 Å². The molecule has 2 aromatic heterocycles. The van der Waals surface area contributed by atoms with Crippen LogP contribution in [0.4, 0.5) is 10.2 Å². The fourth-order valence-electron chi connectivity index (χ4n) is 3.67. The largest absolute Gasteiger partial charge is 0.340 e. The van der Waals surface area contributed by atoms with Crippen LogP contribution in [0.2, 0.25) is 0 Å². The molecule has 29 heavy (non-hydrogen) atoms. The van der Waals surface area contributed by atoms with E-state index >= 15 is 0 Å². The van der Waals surface area contributed by atoms with Crippen molar-refractivity contribution in [2.75, 3.05) is 11.9 Å². The maximum atomic E-state index is 13.1. The molecule has 0 amide bonds. The van der Waals surface area contributed by atoms with Crippen molar-refractivity contribution in [3.63, 3.8) is 0 Å². The van der Waals surface area contributed by atoms with Gasteiger partial charge in [0.2, 0.25) is 0 Å². The van der Waals surface area contributed by atoms with Crippen LogP contribution in [0, 0.1) is 5.82 Å². The molecular weight excluding hydrogens is 365 g/mol. The highest BCUT2D eigenvalue weighted by molar-refractivity contribution is 5.89. The summed E-state index contributed by atoms with van der Waals surface area (Å²) in [5.41, 5.74) is 3.75. The van der Waals surface area contributed by atoms with Gasteiger partial charge in [0.15, 0.2) is 0 Å². The minimum atomic E-state index is -0.268. The molecule has 1 aliphatic heterocycles. The Balaban J connectivity index is 1.46. The predicted molar refractivity (Wildman–Crippen MR) is 114 cm³/mol. The smallest absolute Gasteiger partial charge is 0.130 e. The number of fused-ring (bicyclic) bond motifs is 2. The Kier molecular flexibility index (Phi) is 4.33. The summed E-state index contributed by atoms with van der Waals surface area (Å²) in [4.78, 5) is 9.03. The number of imidazole rings is 1. The molecule has 2 aromatic carbocycles. The Hall–Kier alpha value is -3.51. The highest BCUT2D eigenvalue weighted by Crippen LogP contribution is 2.27.